The summed E-state index contributed by atoms with van der Waals surface area (Å²) in [4.78, 5) is 15.2. The monoisotopic (exact) mass is 477 g/mol. The van der Waals surface area contributed by atoms with Crippen molar-refractivity contribution in [3.05, 3.63) is 64.1 Å². The highest BCUT2D eigenvalue weighted by molar-refractivity contribution is 5.24. The lowest BCUT2D eigenvalue weighted by atomic mass is 9.51. The lowest BCUT2D eigenvalue weighted by Crippen LogP contribution is -2.45. The number of rotatable bonds is 12. The molecule has 4 aliphatic carbocycles. The zero-order chi connectivity index (χ0) is 24.2. The molecule has 4 saturated carbocycles. The molecule has 5 heteroatoms. The number of hydrogen-bond acceptors (Lipinski definition) is 4. The number of benzene rings is 1. The fourth-order valence-electron chi connectivity index (χ4n) is 7.33. The molecule has 0 spiro atoms. The van der Waals surface area contributed by atoms with Crippen LogP contribution in [0.4, 0.5) is 0 Å². The third kappa shape index (κ3) is 6.18. The van der Waals surface area contributed by atoms with E-state index >= 15 is 0 Å². The van der Waals surface area contributed by atoms with Crippen molar-refractivity contribution in [3.8, 4) is 5.75 Å². The Hall–Kier alpha value is -2.11. The topological polar surface area (TPSA) is 46.5 Å². The average molecular weight is 478 g/mol. The van der Waals surface area contributed by atoms with Gasteiger partial charge in [-0.15, -0.1) is 0 Å². The maximum absolute atomic E-state index is 13.0. The standard InChI is InChI=1S/C30H43N3O2/c1-32(2)11-6-10-31-19-27-18-29(34)30(21-33(27)20-22-7-4-3-5-8-22)35-12-9-28-25-14-23-13-24(16-25)17-26(28)15-23/h3-5,7-8,18,21,23-26,28,31H,6,9-17,19-20H2,1-2H3. The van der Waals surface area contributed by atoms with Gasteiger partial charge in [-0.3, -0.25) is 4.79 Å². The van der Waals surface area contributed by atoms with Crippen LogP contribution in [0.1, 0.15) is 56.2 Å². The molecule has 1 aromatic carbocycles. The minimum absolute atomic E-state index is 0.00415. The summed E-state index contributed by atoms with van der Waals surface area (Å²) in [5.74, 6) is 5.13. The molecule has 190 valence electrons. The third-order valence-corrected chi connectivity index (χ3v) is 8.77. The summed E-state index contributed by atoms with van der Waals surface area (Å²) in [6.45, 7) is 4.07. The largest absolute Gasteiger partial charge is 0.488 e. The maximum Gasteiger partial charge on any atom is 0.223 e. The number of pyridine rings is 1. The van der Waals surface area contributed by atoms with Crippen molar-refractivity contribution in [1.29, 1.82) is 0 Å². The van der Waals surface area contributed by atoms with Gasteiger partial charge in [0.2, 0.25) is 5.43 Å². The van der Waals surface area contributed by atoms with Crippen LogP contribution in [0.15, 0.2) is 47.4 Å². The number of hydrogen-bond donors (Lipinski definition) is 1. The quantitative estimate of drug-likeness (QED) is 0.447. The van der Waals surface area contributed by atoms with Crippen molar-refractivity contribution in [2.45, 2.75) is 58.0 Å². The van der Waals surface area contributed by atoms with Crippen molar-refractivity contribution in [3.63, 3.8) is 0 Å². The van der Waals surface area contributed by atoms with Crippen LogP contribution in [0.25, 0.3) is 0 Å². The van der Waals surface area contributed by atoms with Gasteiger partial charge in [0.1, 0.15) is 0 Å². The second-order valence-electron chi connectivity index (χ2n) is 11.7. The molecule has 4 bridgehead atoms. The molecule has 0 atom stereocenters. The molecule has 0 aliphatic heterocycles. The molecule has 0 radical (unpaired) electrons. The summed E-state index contributed by atoms with van der Waals surface area (Å²) in [6.07, 6.45) is 11.4. The first-order valence-electron chi connectivity index (χ1n) is 13.8. The predicted octanol–water partition coefficient (Wildman–Crippen LogP) is 4.78. The Kier molecular flexibility index (Phi) is 7.94. The SMILES string of the molecule is CN(C)CCCNCc1cc(=O)c(OCCC2C3CC4CC(C3)CC2C4)cn1Cc1ccccc1. The van der Waals surface area contributed by atoms with E-state index in [9.17, 15) is 4.79 Å². The second-order valence-corrected chi connectivity index (χ2v) is 11.7. The number of ether oxygens (including phenoxy) is 1. The molecule has 0 amide bonds. The van der Waals surface area contributed by atoms with Gasteiger partial charge in [0.15, 0.2) is 5.75 Å². The van der Waals surface area contributed by atoms with Crippen LogP contribution < -0.4 is 15.5 Å². The second kappa shape index (κ2) is 11.3. The van der Waals surface area contributed by atoms with Crippen LogP contribution in [-0.2, 0) is 13.1 Å². The molecule has 2 aromatic rings. The molecule has 6 rings (SSSR count). The van der Waals surface area contributed by atoms with Gasteiger partial charge in [-0.2, -0.15) is 0 Å². The average Bonchev–Trinajstić information content (AvgIpc) is 2.83. The predicted molar refractivity (Wildman–Crippen MR) is 142 cm³/mol. The molecular formula is C30H43N3O2. The van der Waals surface area contributed by atoms with E-state index in [4.69, 9.17) is 4.74 Å². The van der Waals surface area contributed by atoms with E-state index in [0.29, 0.717) is 18.9 Å². The molecule has 0 saturated heterocycles. The van der Waals surface area contributed by atoms with Crippen LogP contribution in [0.5, 0.6) is 5.75 Å². The number of nitrogens with one attached hydrogen (secondary N) is 1. The lowest BCUT2D eigenvalue weighted by Gasteiger charge is -2.54. The van der Waals surface area contributed by atoms with E-state index in [1.807, 2.05) is 12.3 Å². The Labute approximate surface area is 210 Å². The van der Waals surface area contributed by atoms with Gasteiger partial charge in [-0.05, 0) is 107 Å². The Morgan fingerprint density at radius 1 is 1.03 bits per heavy atom. The summed E-state index contributed by atoms with van der Waals surface area (Å²) in [5.41, 5.74) is 2.24. The zero-order valence-corrected chi connectivity index (χ0v) is 21.6. The summed E-state index contributed by atoms with van der Waals surface area (Å²) >= 11 is 0. The lowest BCUT2D eigenvalue weighted by molar-refractivity contribution is -0.0436. The van der Waals surface area contributed by atoms with Gasteiger partial charge < -0.3 is 19.5 Å². The van der Waals surface area contributed by atoms with Gasteiger partial charge in [-0.25, -0.2) is 0 Å². The van der Waals surface area contributed by atoms with Gasteiger partial charge in [0, 0.05) is 24.8 Å². The van der Waals surface area contributed by atoms with E-state index in [1.165, 1.54) is 37.7 Å². The summed E-state index contributed by atoms with van der Waals surface area (Å²) < 4.78 is 8.37. The van der Waals surface area contributed by atoms with Crippen LogP contribution in [-0.4, -0.2) is 43.3 Å². The van der Waals surface area contributed by atoms with Gasteiger partial charge in [0.25, 0.3) is 0 Å². The van der Waals surface area contributed by atoms with Crippen LogP contribution in [0, 0.1) is 29.6 Å². The Bertz CT molecular complexity index is 988. The van der Waals surface area contributed by atoms with Crippen molar-refractivity contribution in [2.75, 3.05) is 33.8 Å². The summed E-state index contributed by atoms with van der Waals surface area (Å²) in [6, 6.07) is 12.2. The molecule has 5 nitrogen and oxygen atoms in total. The maximum atomic E-state index is 13.0. The molecule has 35 heavy (non-hydrogen) atoms. The molecule has 0 unspecified atom stereocenters. The van der Waals surface area contributed by atoms with Gasteiger partial charge >= 0.3 is 0 Å². The van der Waals surface area contributed by atoms with Gasteiger partial charge in [0.05, 0.1) is 12.8 Å². The minimum Gasteiger partial charge on any atom is -0.488 e. The highest BCUT2D eigenvalue weighted by Gasteiger charge is 2.47. The van der Waals surface area contributed by atoms with Crippen molar-refractivity contribution < 1.29 is 4.74 Å². The third-order valence-electron chi connectivity index (χ3n) is 8.77. The van der Waals surface area contributed by atoms with Crippen molar-refractivity contribution >= 4 is 0 Å². The Balaban J connectivity index is 1.23. The van der Waals surface area contributed by atoms with E-state index < -0.39 is 0 Å². The number of nitrogens with zero attached hydrogens (tertiary/aromatic N) is 2. The first-order chi connectivity index (χ1) is 17.0. The van der Waals surface area contributed by atoms with Crippen LogP contribution in [0.3, 0.4) is 0 Å². The van der Waals surface area contributed by atoms with Crippen molar-refractivity contribution in [1.82, 2.24) is 14.8 Å². The van der Waals surface area contributed by atoms with E-state index in [0.717, 1.165) is 67.8 Å². The van der Waals surface area contributed by atoms with Crippen LogP contribution >= 0.6 is 0 Å². The van der Waals surface area contributed by atoms with Gasteiger partial charge in [-0.1, -0.05) is 30.3 Å². The first-order valence-corrected chi connectivity index (χ1v) is 13.8. The Morgan fingerprint density at radius 3 is 2.43 bits per heavy atom. The molecule has 1 N–H and O–H groups in total. The van der Waals surface area contributed by atoms with Crippen LogP contribution in [0.2, 0.25) is 0 Å². The zero-order valence-electron chi connectivity index (χ0n) is 21.6. The van der Waals surface area contributed by atoms with E-state index in [1.54, 1.807) is 6.07 Å². The molecular weight excluding hydrogens is 434 g/mol. The highest BCUT2D eigenvalue weighted by atomic mass is 16.5. The summed E-state index contributed by atoms with van der Waals surface area (Å²) in [7, 11) is 4.19. The number of aromatic nitrogens is 1. The summed E-state index contributed by atoms with van der Waals surface area (Å²) in [5, 5.41) is 3.52. The first kappa shape index (κ1) is 24.6. The fraction of sp³-hybridized carbons (Fsp3) is 0.633. The molecule has 4 aliphatic rings. The van der Waals surface area contributed by atoms with E-state index in [2.05, 4.69) is 53.1 Å². The molecule has 1 heterocycles. The molecule has 4 fully saturated rings. The Morgan fingerprint density at radius 2 is 1.74 bits per heavy atom. The van der Waals surface area contributed by atoms with E-state index in [-0.39, 0.29) is 5.43 Å². The highest BCUT2D eigenvalue weighted by Crippen LogP contribution is 2.57. The van der Waals surface area contributed by atoms with Crippen molar-refractivity contribution in [2.24, 2.45) is 29.6 Å². The smallest absolute Gasteiger partial charge is 0.223 e. The fourth-order valence-corrected chi connectivity index (χ4v) is 7.33. The minimum atomic E-state index is 0.00415. The normalized spacial score (nSPS) is 27.0. The molecule has 1 aromatic heterocycles.